The number of imide groups is 1. The molecule has 2 heterocycles. The zero-order valence-electron chi connectivity index (χ0n) is 16.7. The third-order valence-electron chi connectivity index (χ3n) is 5.51. The molecule has 30 heavy (non-hydrogen) atoms. The molecule has 0 bridgehead atoms. The predicted molar refractivity (Wildman–Crippen MR) is 110 cm³/mol. The number of hydrogen-bond acceptors (Lipinski definition) is 5. The molecule has 2 aliphatic rings. The SMILES string of the molecule is CCOC(=O)C1CCN(C(=O)CN2C(=O)NC(C)(c3ccc(Cl)cc3Cl)C2=O)CC1. The average Bonchev–Trinajstić information content (AvgIpc) is 2.91. The molecule has 1 unspecified atom stereocenters. The number of benzene rings is 1. The van der Waals surface area contributed by atoms with Crippen molar-refractivity contribution >= 4 is 47.0 Å². The third kappa shape index (κ3) is 4.25. The molecule has 2 aliphatic heterocycles. The minimum atomic E-state index is -1.39. The molecule has 0 spiro atoms. The monoisotopic (exact) mass is 455 g/mol. The Morgan fingerprint density at radius 3 is 2.50 bits per heavy atom. The topological polar surface area (TPSA) is 96.0 Å². The Labute approximate surface area is 184 Å². The zero-order chi connectivity index (χ0) is 22.1. The average molecular weight is 456 g/mol. The summed E-state index contributed by atoms with van der Waals surface area (Å²) < 4.78 is 5.03. The highest BCUT2D eigenvalue weighted by Gasteiger charge is 2.50. The highest BCUT2D eigenvalue weighted by Crippen LogP contribution is 2.35. The number of piperidine rings is 1. The maximum Gasteiger partial charge on any atom is 0.325 e. The van der Waals surface area contributed by atoms with Gasteiger partial charge >= 0.3 is 12.0 Å². The lowest BCUT2D eigenvalue weighted by Crippen LogP contribution is -2.47. The van der Waals surface area contributed by atoms with Gasteiger partial charge in [-0.2, -0.15) is 0 Å². The summed E-state index contributed by atoms with van der Waals surface area (Å²) >= 11 is 12.1. The van der Waals surface area contributed by atoms with E-state index in [9.17, 15) is 19.2 Å². The smallest absolute Gasteiger partial charge is 0.325 e. The predicted octanol–water partition coefficient (Wildman–Crippen LogP) is 2.56. The van der Waals surface area contributed by atoms with Crippen LogP contribution in [-0.4, -0.2) is 59.9 Å². The van der Waals surface area contributed by atoms with E-state index in [-0.39, 0.29) is 29.4 Å². The molecule has 1 atom stereocenters. The van der Waals surface area contributed by atoms with E-state index in [2.05, 4.69) is 5.32 Å². The molecule has 162 valence electrons. The summed E-state index contributed by atoms with van der Waals surface area (Å²) in [5.74, 6) is -1.41. The standard InChI is InChI=1S/C20H23Cl2N3O5/c1-3-30-17(27)12-6-8-24(9-7-12)16(26)11-25-18(28)20(2,23-19(25)29)14-5-4-13(21)10-15(14)22/h4-5,10,12H,3,6-9,11H2,1-2H3,(H,23,29). The molecule has 4 amide bonds. The van der Waals surface area contributed by atoms with Crippen molar-refractivity contribution in [3.63, 3.8) is 0 Å². The molecule has 0 aromatic heterocycles. The quantitative estimate of drug-likeness (QED) is 0.543. The van der Waals surface area contributed by atoms with Crippen LogP contribution in [0.4, 0.5) is 4.79 Å². The molecule has 1 N–H and O–H groups in total. The first-order valence-corrected chi connectivity index (χ1v) is 10.5. The summed E-state index contributed by atoms with van der Waals surface area (Å²) in [6.07, 6.45) is 0.978. The minimum absolute atomic E-state index is 0.235. The largest absolute Gasteiger partial charge is 0.466 e. The number of nitrogens with zero attached hydrogens (tertiary/aromatic N) is 2. The summed E-state index contributed by atoms with van der Waals surface area (Å²) in [6, 6.07) is 3.98. The number of carbonyl (C=O) groups excluding carboxylic acids is 4. The number of rotatable bonds is 5. The van der Waals surface area contributed by atoms with Crippen molar-refractivity contribution < 1.29 is 23.9 Å². The van der Waals surface area contributed by atoms with Crippen LogP contribution >= 0.6 is 23.2 Å². The first-order valence-electron chi connectivity index (χ1n) is 9.71. The second-order valence-electron chi connectivity index (χ2n) is 7.48. The van der Waals surface area contributed by atoms with Crippen LogP contribution < -0.4 is 5.32 Å². The number of urea groups is 1. The molecule has 0 saturated carbocycles. The number of amides is 4. The van der Waals surface area contributed by atoms with Gasteiger partial charge < -0.3 is 15.0 Å². The van der Waals surface area contributed by atoms with Crippen LogP contribution in [0.15, 0.2) is 18.2 Å². The van der Waals surface area contributed by atoms with Crippen molar-refractivity contribution in [3.05, 3.63) is 33.8 Å². The molecular weight excluding hydrogens is 433 g/mol. The van der Waals surface area contributed by atoms with Gasteiger partial charge in [0.15, 0.2) is 0 Å². The number of nitrogens with one attached hydrogen (secondary N) is 1. The molecule has 1 aromatic carbocycles. The third-order valence-corrected chi connectivity index (χ3v) is 6.05. The molecule has 1 aromatic rings. The number of ether oxygens (including phenoxy) is 1. The number of likely N-dealkylation sites (tertiary alicyclic amines) is 1. The maximum atomic E-state index is 13.0. The lowest BCUT2D eigenvalue weighted by Gasteiger charge is -2.31. The second-order valence-corrected chi connectivity index (χ2v) is 8.32. The molecule has 3 rings (SSSR count). The Balaban J connectivity index is 1.66. The Morgan fingerprint density at radius 1 is 1.23 bits per heavy atom. The van der Waals surface area contributed by atoms with Gasteiger partial charge in [0, 0.05) is 28.7 Å². The lowest BCUT2D eigenvalue weighted by molar-refractivity contribution is -0.151. The van der Waals surface area contributed by atoms with Gasteiger partial charge in [-0.15, -0.1) is 0 Å². The fourth-order valence-corrected chi connectivity index (χ4v) is 4.38. The van der Waals surface area contributed by atoms with Crippen molar-refractivity contribution in [2.24, 2.45) is 5.92 Å². The van der Waals surface area contributed by atoms with Crippen LogP contribution in [0.1, 0.15) is 32.3 Å². The number of halogens is 2. The zero-order valence-corrected chi connectivity index (χ0v) is 18.3. The molecule has 8 nitrogen and oxygen atoms in total. The van der Waals surface area contributed by atoms with Crippen molar-refractivity contribution in [3.8, 4) is 0 Å². The molecule has 0 aliphatic carbocycles. The normalized spacial score (nSPS) is 22.3. The van der Waals surface area contributed by atoms with E-state index in [4.69, 9.17) is 27.9 Å². The lowest BCUT2D eigenvalue weighted by atomic mass is 9.92. The number of hydrogen-bond donors (Lipinski definition) is 1. The van der Waals surface area contributed by atoms with Crippen LogP contribution in [0.25, 0.3) is 0 Å². The van der Waals surface area contributed by atoms with Gasteiger partial charge in [0.25, 0.3) is 5.91 Å². The Hall–Kier alpha value is -2.32. The van der Waals surface area contributed by atoms with Crippen molar-refractivity contribution in [1.29, 1.82) is 0 Å². The fraction of sp³-hybridized carbons (Fsp3) is 0.500. The van der Waals surface area contributed by atoms with Gasteiger partial charge in [-0.1, -0.05) is 29.3 Å². The fourth-order valence-electron chi connectivity index (χ4n) is 3.78. The first kappa shape index (κ1) is 22.4. The summed E-state index contributed by atoms with van der Waals surface area (Å²) in [6.45, 7) is 3.96. The summed E-state index contributed by atoms with van der Waals surface area (Å²) in [7, 11) is 0. The first-order chi connectivity index (χ1) is 14.2. The van der Waals surface area contributed by atoms with E-state index in [1.165, 1.54) is 13.0 Å². The van der Waals surface area contributed by atoms with Crippen LogP contribution in [0.5, 0.6) is 0 Å². The van der Waals surface area contributed by atoms with E-state index >= 15 is 0 Å². The summed E-state index contributed by atoms with van der Waals surface area (Å²) in [5.41, 5.74) is -0.993. The highest BCUT2D eigenvalue weighted by atomic mass is 35.5. The van der Waals surface area contributed by atoms with Crippen LogP contribution in [0.3, 0.4) is 0 Å². The Kier molecular flexibility index (Phi) is 6.57. The van der Waals surface area contributed by atoms with Gasteiger partial charge in [-0.25, -0.2) is 4.79 Å². The molecule has 0 radical (unpaired) electrons. The van der Waals surface area contributed by atoms with E-state index in [0.717, 1.165) is 4.90 Å². The summed E-state index contributed by atoms with van der Waals surface area (Å²) in [4.78, 5) is 52.5. The van der Waals surface area contributed by atoms with E-state index in [0.29, 0.717) is 43.1 Å². The Bertz CT molecular complexity index is 885. The van der Waals surface area contributed by atoms with Gasteiger partial charge in [0.05, 0.1) is 12.5 Å². The van der Waals surface area contributed by atoms with Crippen LogP contribution in [0.2, 0.25) is 10.0 Å². The molecule has 2 saturated heterocycles. The van der Waals surface area contributed by atoms with Crippen molar-refractivity contribution in [2.75, 3.05) is 26.2 Å². The highest BCUT2D eigenvalue weighted by molar-refractivity contribution is 6.35. The van der Waals surface area contributed by atoms with Crippen molar-refractivity contribution in [2.45, 2.75) is 32.2 Å². The summed E-state index contributed by atoms with van der Waals surface area (Å²) in [5, 5.41) is 3.28. The van der Waals surface area contributed by atoms with Crippen LogP contribution in [0, 0.1) is 5.92 Å². The maximum absolute atomic E-state index is 13.0. The van der Waals surface area contributed by atoms with Gasteiger partial charge in [0.2, 0.25) is 5.91 Å². The van der Waals surface area contributed by atoms with Crippen molar-refractivity contribution in [1.82, 2.24) is 15.1 Å². The van der Waals surface area contributed by atoms with E-state index < -0.39 is 17.5 Å². The van der Waals surface area contributed by atoms with Crippen LogP contribution in [-0.2, 0) is 24.7 Å². The van der Waals surface area contributed by atoms with Gasteiger partial charge in [0.1, 0.15) is 12.1 Å². The molecule has 10 heteroatoms. The number of carbonyl (C=O) groups is 4. The molecular formula is C20H23Cl2N3O5. The van der Waals surface area contributed by atoms with Gasteiger partial charge in [-0.3, -0.25) is 19.3 Å². The Morgan fingerprint density at radius 2 is 1.90 bits per heavy atom. The minimum Gasteiger partial charge on any atom is -0.466 e. The van der Waals surface area contributed by atoms with Gasteiger partial charge in [-0.05, 0) is 38.8 Å². The molecule has 2 fully saturated rings. The second kappa shape index (κ2) is 8.81. The number of esters is 1. The van der Waals surface area contributed by atoms with E-state index in [1.807, 2.05) is 0 Å². The van der Waals surface area contributed by atoms with E-state index in [1.54, 1.807) is 24.0 Å².